The summed E-state index contributed by atoms with van der Waals surface area (Å²) in [5, 5.41) is 4.29. The second-order valence-corrected chi connectivity index (χ2v) is 5.72. The summed E-state index contributed by atoms with van der Waals surface area (Å²) in [6, 6.07) is 6.29. The predicted molar refractivity (Wildman–Crippen MR) is 76.6 cm³/mol. The van der Waals surface area contributed by atoms with Crippen LogP contribution in [0.5, 0.6) is 5.75 Å². The van der Waals surface area contributed by atoms with E-state index in [4.69, 9.17) is 16.3 Å². The zero-order chi connectivity index (χ0) is 12.1. The van der Waals surface area contributed by atoms with Crippen molar-refractivity contribution in [3.8, 4) is 5.75 Å². The molecule has 0 aromatic heterocycles. The number of anilines is 1. The molecule has 1 heterocycles. The van der Waals surface area contributed by atoms with E-state index in [1.807, 2.05) is 36.9 Å². The van der Waals surface area contributed by atoms with Gasteiger partial charge in [-0.05, 0) is 43.7 Å². The first kappa shape index (κ1) is 12.9. The van der Waals surface area contributed by atoms with E-state index >= 15 is 0 Å². The minimum absolute atomic E-state index is 0.534. The second-order valence-electron chi connectivity index (χ2n) is 4.13. The van der Waals surface area contributed by atoms with Gasteiger partial charge in [-0.25, -0.2) is 0 Å². The van der Waals surface area contributed by atoms with Crippen LogP contribution in [0.4, 0.5) is 5.69 Å². The van der Waals surface area contributed by atoms with Crippen molar-refractivity contribution in [2.75, 3.05) is 23.4 Å². The summed E-state index contributed by atoms with van der Waals surface area (Å²) in [6.07, 6.45) is 2.51. The highest BCUT2D eigenvalue weighted by atomic mass is 35.5. The SMILES string of the molecule is CCOc1ccc(Cl)cc1NC1CCCSC1. The van der Waals surface area contributed by atoms with Crippen molar-refractivity contribution in [1.29, 1.82) is 0 Å². The molecule has 2 rings (SSSR count). The number of hydrogen-bond donors (Lipinski definition) is 1. The largest absolute Gasteiger partial charge is 0.492 e. The van der Waals surface area contributed by atoms with Crippen molar-refractivity contribution in [2.24, 2.45) is 0 Å². The average Bonchev–Trinajstić information content (AvgIpc) is 2.34. The van der Waals surface area contributed by atoms with Crippen LogP contribution in [-0.2, 0) is 0 Å². The zero-order valence-corrected chi connectivity index (χ0v) is 11.6. The first-order valence-corrected chi connectivity index (χ1v) is 7.59. The number of rotatable bonds is 4. The van der Waals surface area contributed by atoms with Crippen LogP contribution in [0.25, 0.3) is 0 Å². The summed E-state index contributed by atoms with van der Waals surface area (Å²) in [6.45, 7) is 2.67. The molecule has 1 aromatic rings. The number of ether oxygens (including phenoxy) is 1. The number of nitrogens with one attached hydrogen (secondary N) is 1. The van der Waals surface area contributed by atoms with Crippen LogP contribution in [0, 0.1) is 0 Å². The molecule has 0 bridgehead atoms. The first-order valence-electron chi connectivity index (χ1n) is 6.06. The van der Waals surface area contributed by atoms with Crippen LogP contribution in [-0.4, -0.2) is 24.2 Å². The normalized spacial score (nSPS) is 20.0. The Morgan fingerprint density at radius 2 is 2.41 bits per heavy atom. The van der Waals surface area contributed by atoms with Gasteiger partial charge in [0.15, 0.2) is 0 Å². The molecule has 0 aliphatic carbocycles. The van der Waals surface area contributed by atoms with Crippen molar-refractivity contribution in [3.63, 3.8) is 0 Å². The van der Waals surface area contributed by atoms with E-state index in [-0.39, 0.29) is 0 Å². The minimum Gasteiger partial charge on any atom is -0.492 e. The predicted octanol–water partition coefficient (Wildman–Crippen LogP) is 4.05. The van der Waals surface area contributed by atoms with E-state index in [1.165, 1.54) is 18.6 Å². The van der Waals surface area contributed by atoms with Gasteiger partial charge in [-0.1, -0.05) is 11.6 Å². The molecule has 1 aromatic carbocycles. The van der Waals surface area contributed by atoms with Gasteiger partial charge in [-0.2, -0.15) is 11.8 Å². The Hall–Kier alpha value is -0.540. The Kier molecular flexibility index (Phi) is 4.86. The van der Waals surface area contributed by atoms with Crippen molar-refractivity contribution >= 4 is 29.1 Å². The highest BCUT2D eigenvalue weighted by Crippen LogP contribution is 2.30. The highest BCUT2D eigenvalue weighted by molar-refractivity contribution is 7.99. The molecular weight excluding hydrogens is 254 g/mol. The molecule has 94 valence electrons. The van der Waals surface area contributed by atoms with Crippen LogP contribution in [0.2, 0.25) is 5.02 Å². The maximum Gasteiger partial charge on any atom is 0.142 e. The lowest BCUT2D eigenvalue weighted by atomic mass is 10.1. The average molecular weight is 272 g/mol. The third-order valence-corrected chi connectivity index (χ3v) is 4.21. The Morgan fingerprint density at radius 3 is 3.12 bits per heavy atom. The molecule has 0 amide bonds. The third-order valence-electron chi connectivity index (χ3n) is 2.76. The number of thioether (sulfide) groups is 1. The molecule has 2 nitrogen and oxygen atoms in total. The van der Waals surface area contributed by atoms with E-state index in [9.17, 15) is 0 Å². The van der Waals surface area contributed by atoms with Gasteiger partial charge in [0.05, 0.1) is 12.3 Å². The molecule has 1 aliphatic rings. The molecular formula is C13H18ClNOS. The van der Waals surface area contributed by atoms with Gasteiger partial charge in [0.2, 0.25) is 0 Å². The summed E-state index contributed by atoms with van der Waals surface area (Å²) < 4.78 is 5.61. The molecule has 1 fully saturated rings. The fraction of sp³-hybridized carbons (Fsp3) is 0.538. The topological polar surface area (TPSA) is 21.3 Å². The lowest BCUT2D eigenvalue weighted by Crippen LogP contribution is -2.25. The molecule has 17 heavy (non-hydrogen) atoms. The van der Waals surface area contributed by atoms with Crippen LogP contribution >= 0.6 is 23.4 Å². The Bertz CT molecular complexity index is 366. The van der Waals surface area contributed by atoms with E-state index in [0.717, 1.165) is 22.2 Å². The van der Waals surface area contributed by atoms with E-state index < -0.39 is 0 Å². The molecule has 1 saturated heterocycles. The number of halogens is 1. The van der Waals surface area contributed by atoms with Gasteiger partial charge >= 0.3 is 0 Å². The van der Waals surface area contributed by atoms with Crippen molar-refractivity contribution in [3.05, 3.63) is 23.2 Å². The number of hydrogen-bond acceptors (Lipinski definition) is 3. The molecule has 0 radical (unpaired) electrons. The highest BCUT2D eigenvalue weighted by Gasteiger charge is 2.15. The van der Waals surface area contributed by atoms with Gasteiger partial charge in [0.25, 0.3) is 0 Å². The second kappa shape index (κ2) is 6.41. The van der Waals surface area contributed by atoms with E-state index in [1.54, 1.807) is 0 Å². The van der Waals surface area contributed by atoms with Crippen molar-refractivity contribution < 1.29 is 4.74 Å². The molecule has 0 spiro atoms. The maximum absolute atomic E-state index is 6.03. The zero-order valence-electron chi connectivity index (χ0n) is 10.0. The van der Waals surface area contributed by atoms with Crippen LogP contribution < -0.4 is 10.1 Å². The summed E-state index contributed by atoms with van der Waals surface area (Å²) in [5.41, 5.74) is 1.02. The Labute approximate surface area is 112 Å². The van der Waals surface area contributed by atoms with Gasteiger partial charge in [0.1, 0.15) is 5.75 Å². The summed E-state index contributed by atoms with van der Waals surface area (Å²) >= 11 is 8.04. The fourth-order valence-corrected chi connectivity index (χ4v) is 3.21. The molecule has 1 unspecified atom stereocenters. The Morgan fingerprint density at radius 1 is 1.53 bits per heavy atom. The van der Waals surface area contributed by atoms with Gasteiger partial charge in [-0.15, -0.1) is 0 Å². The molecule has 0 saturated carbocycles. The van der Waals surface area contributed by atoms with Gasteiger partial charge < -0.3 is 10.1 Å². The fourth-order valence-electron chi connectivity index (χ4n) is 1.97. The van der Waals surface area contributed by atoms with Gasteiger partial charge in [-0.3, -0.25) is 0 Å². The van der Waals surface area contributed by atoms with Crippen LogP contribution in [0.1, 0.15) is 19.8 Å². The lowest BCUT2D eigenvalue weighted by molar-refractivity contribution is 0.341. The maximum atomic E-state index is 6.03. The molecule has 1 atom stereocenters. The van der Waals surface area contributed by atoms with E-state index in [2.05, 4.69) is 5.32 Å². The summed E-state index contributed by atoms with van der Waals surface area (Å²) in [7, 11) is 0. The number of benzene rings is 1. The van der Waals surface area contributed by atoms with Gasteiger partial charge in [0, 0.05) is 16.8 Å². The first-order chi connectivity index (χ1) is 8.29. The molecule has 1 N–H and O–H groups in total. The quantitative estimate of drug-likeness (QED) is 0.893. The molecule has 4 heteroatoms. The molecule has 1 aliphatic heterocycles. The minimum atomic E-state index is 0.534. The summed E-state index contributed by atoms with van der Waals surface area (Å²) in [5.74, 6) is 3.34. The van der Waals surface area contributed by atoms with Crippen LogP contribution in [0.15, 0.2) is 18.2 Å². The monoisotopic (exact) mass is 271 g/mol. The van der Waals surface area contributed by atoms with E-state index in [0.29, 0.717) is 12.6 Å². The van der Waals surface area contributed by atoms with Crippen LogP contribution in [0.3, 0.4) is 0 Å². The van der Waals surface area contributed by atoms with Crippen molar-refractivity contribution in [1.82, 2.24) is 0 Å². The van der Waals surface area contributed by atoms with Crippen molar-refractivity contribution in [2.45, 2.75) is 25.8 Å². The summed E-state index contributed by atoms with van der Waals surface area (Å²) in [4.78, 5) is 0. The smallest absolute Gasteiger partial charge is 0.142 e. The third kappa shape index (κ3) is 3.71. The standard InChI is InChI=1S/C13H18ClNOS/c1-2-16-13-6-5-10(14)8-12(13)15-11-4-3-7-17-9-11/h5-6,8,11,15H,2-4,7,9H2,1H3. The lowest BCUT2D eigenvalue weighted by Gasteiger charge is -2.24. The Balaban J connectivity index is 2.08.